The van der Waals surface area contributed by atoms with Crippen molar-refractivity contribution < 1.29 is 24.2 Å². The Labute approximate surface area is 83.1 Å². The number of carboxylic acid groups (broad SMARTS) is 2. The molecule has 1 rings (SSSR count). The molecule has 6 nitrogen and oxygen atoms in total. The van der Waals surface area contributed by atoms with Crippen LogP contribution in [0.15, 0.2) is 27.4 Å². The van der Waals surface area contributed by atoms with Crippen LogP contribution in [-0.4, -0.2) is 22.2 Å². The van der Waals surface area contributed by atoms with Crippen LogP contribution in [0, 0.1) is 0 Å². The molecule has 0 radical (unpaired) electrons. The van der Waals surface area contributed by atoms with Crippen molar-refractivity contribution in [2.45, 2.75) is 0 Å². The highest BCUT2D eigenvalue weighted by atomic mass is 16.4. The topological polar surface area (TPSA) is 105 Å². The van der Waals surface area contributed by atoms with E-state index in [0.717, 1.165) is 18.2 Å². The molecule has 0 unspecified atom stereocenters. The van der Waals surface area contributed by atoms with Gasteiger partial charge in [-0.3, -0.25) is 0 Å². The summed E-state index contributed by atoms with van der Waals surface area (Å²) in [5.74, 6) is -3.06. The minimum Gasteiger partial charge on any atom is -0.478 e. The van der Waals surface area contributed by atoms with E-state index in [9.17, 15) is 14.4 Å². The number of aromatic carboxylic acids is 1. The molecule has 78 valence electrons. The standard InChI is InChI=1S/C9H6O6/c10-7(11)4-2-5-1-3-6(8(12)13)15-9(5)14/h1-4H,(H,10,11)(H,12,13)/b4-2+. The van der Waals surface area contributed by atoms with E-state index in [-0.39, 0.29) is 5.56 Å². The van der Waals surface area contributed by atoms with Crippen LogP contribution in [0.5, 0.6) is 0 Å². The highest BCUT2D eigenvalue weighted by Crippen LogP contribution is 2.00. The van der Waals surface area contributed by atoms with E-state index in [1.54, 1.807) is 0 Å². The Kier molecular flexibility index (Phi) is 3.02. The quantitative estimate of drug-likeness (QED) is 0.701. The van der Waals surface area contributed by atoms with Crippen LogP contribution < -0.4 is 5.63 Å². The van der Waals surface area contributed by atoms with Crippen LogP contribution in [0.3, 0.4) is 0 Å². The maximum Gasteiger partial charge on any atom is 0.371 e. The van der Waals surface area contributed by atoms with Gasteiger partial charge < -0.3 is 14.6 Å². The predicted molar refractivity (Wildman–Crippen MR) is 48.6 cm³/mol. The van der Waals surface area contributed by atoms with E-state index < -0.39 is 23.3 Å². The summed E-state index contributed by atoms with van der Waals surface area (Å²) in [5.41, 5.74) is -0.921. The average Bonchev–Trinajstić information content (AvgIpc) is 2.15. The molecule has 15 heavy (non-hydrogen) atoms. The molecule has 1 heterocycles. The SMILES string of the molecule is O=C(O)/C=C/c1ccc(C(=O)O)oc1=O. The Balaban J connectivity index is 3.09. The lowest BCUT2D eigenvalue weighted by Crippen LogP contribution is -2.08. The number of hydrogen-bond acceptors (Lipinski definition) is 4. The highest BCUT2D eigenvalue weighted by Gasteiger charge is 2.07. The predicted octanol–water partition coefficient (Wildman–Crippen LogP) is 0.436. The van der Waals surface area contributed by atoms with E-state index in [4.69, 9.17) is 10.2 Å². The van der Waals surface area contributed by atoms with Crippen molar-refractivity contribution in [3.05, 3.63) is 40.0 Å². The monoisotopic (exact) mass is 210 g/mol. The summed E-state index contributed by atoms with van der Waals surface area (Å²) in [6, 6.07) is 2.25. The molecule has 2 N–H and O–H groups in total. The third-order valence-corrected chi connectivity index (χ3v) is 1.47. The minimum absolute atomic E-state index is 0.0256. The zero-order valence-electron chi connectivity index (χ0n) is 7.34. The molecule has 0 saturated heterocycles. The fourth-order valence-electron chi connectivity index (χ4n) is 0.826. The summed E-state index contributed by atoms with van der Waals surface area (Å²) in [5, 5.41) is 16.8. The first-order valence-corrected chi connectivity index (χ1v) is 3.79. The molecule has 0 aromatic carbocycles. The van der Waals surface area contributed by atoms with Gasteiger partial charge >= 0.3 is 17.6 Å². The third kappa shape index (κ3) is 2.80. The highest BCUT2D eigenvalue weighted by molar-refractivity contribution is 5.86. The van der Waals surface area contributed by atoms with E-state index in [2.05, 4.69) is 4.42 Å². The number of aliphatic carboxylic acids is 1. The van der Waals surface area contributed by atoms with Gasteiger partial charge in [0.1, 0.15) is 0 Å². The van der Waals surface area contributed by atoms with Crippen LogP contribution in [0.2, 0.25) is 0 Å². The number of hydrogen-bond donors (Lipinski definition) is 2. The Morgan fingerprint density at radius 2 is 1.93 bits per heavy atom. The van der Waals surface area contributed by atoms with Crippen LogP contribution in [0.25, 0.3) is 6.08 Å². The summed E-state index contributed by atoms with van der Waals surface area (Å²) in [7, 11) is 0. The third-order valence-electron chi connectivity index (χ3n) is 1.47. The molecule has 1 aromatic heterocycles. The van der Waals surface area contributed by atoms with Crippen molar-refractivity contribution >= 4 is 18.0 Å². The van der Waals surface area contributed by atoms with Crippen LogP contribution in [0.4, 0.5) is 0 Å². The van der Waals surface area contributed by atoms with E-state index >= 15 is 0 Å². The lowest BCUT2D eigenvalue weighted by atomic mass is 10.2. The van der Waals surface area contributed by atoms with Gasteiger partial charge in [-0.15, -0.1) is 0 Å². The van der Waals surface area contributed by atoms with Gasteiger partial charge in [-0.25, -0.2) is 14.4 Å². The molecule has 0 aliphatic carbocycles. The van der Waals surface area contributed by atoms with E-state index in [1.807, 2.05) is 0 Å². The first kappa shape index (κ1) is 10.7. The molecule has 0 saturated carbocycles. The van der Waals surface area contributed by atoms with Gasteiger partial charge in [-0.05, 0) is 18.2 Å². The molecule has 0 aliphatic heterocycles. The Morgan fingerprint density at radius 3 is 2.40 bits per heavy atom. The molecule has 0 spiro atoms. The normalized spacial score (nSPS) is 10.4. The van der Waals surface area contributed by atoms with Gasteiger partial charge in [0.2, 0.25) is 5.76 Å². The Morgan fingerprint density at radius 1 is 1.27 bits per heavy atom. The van der Waals surface area contributed by atoms with Crippen LogP contribution in [-0.2, 0) is 4.79 Å². The molecular formula is C9H6O6. The van der Waals surface area contributed by atoms with Crippen molar-refractivity contribution in [2.24, 2.45) is 0 Å². The van der Waals surface area contributed by atoms with Crippen molar-refractivity contribution in [3.63, 3.8) is 0 Å². The van der Waals surface area contributed by atoms with Crippen molar-refractivity contribution in [3.8, 4) is 0 Å². The van der Waals surface area contributed by atoms with Gasteiger partial charge in [0.05, 0.1) is 5.56 Å². The Bertz CT molecular complexity index is 482. The van der Waals surface area contributed by atoms with E-state index in [1.165, 1.54) is 6.07 Å². The van der Waals surface area contributed by atoms with Gasteiger partial charge in [0.15, 0.2) is 0 Å². The maximum absolute atomic E-state index is 11.1. The lowest BCUT2D eigenvalue weighted by molar-refractivity contribution is -0.131. The summed E-state index contributed by atoms with van der Waals surface area (Å²) in [4.78, 5) is 31.6. The molecule has 0 atom stereocenters. The van der Waals surface area contributed by atoms with Crippen LogP contribution >= 0.6 is 0 Å². The molecule has 0 aliphatic rings. The number of rotatable bonds is 3. The second kappa shape index (κ2) is 4.23. The number of carboxylic acids is 2. The fraction of sp³-hybridized carbons (Fsp3) is 0. The van der Waals surface area contributed by atoms with Crippen molar-refractivity contribution in [1.82, 2.24) is 0 Å². The minimum atomic E-state index is -1.36. The molecule has 0 fully saturated rings. The second-order valence-corrected chi connectivity index (χ2v) is 2.52. The van der Waals surface area contributed by atoms with Gasteiger partial charge in [-0.2, -0.15) is 0 Å². The first-order valence-electron chi connectivity index (χ1n) is 3.79. The molecular weight excluding hydrogens is 204 g/mol. The molecule has 1 aromatic rings. The summed E-state index contributed by atoms with van der Waals surface area (Å²) in [6.07, 6.45) is 1.78. The zero-order valence-corrected chi connectivity index (χ0v) is 7.34. The van der Waals surface area contributed by atoms with Gasteiger partial charge in [0, 0.05) is 6.08 Å². The Hall–Kier alpha value is -2.37. The van der Waals surface area contributed by atoms with Crippen molar-refractivity contribution in [1.29, 1.82) is 0 Å². The summed E-state index contributed by atoms with van der Waals surface area (Å²) in [6.45, 7) is 0. The maximum atomic E-state index is 11.1. The van der Waals surface area contributed by atoms with Gasteiger partial charge in [0.25, 0.3) is 0 Å². The molecule has 0 bridgehead atoms. The summed E-state index contributed by atoms with van der Waals surface area (Å²) < 4.78 is 4.40. The smallest absolute Gasteiger partial charge is 0.371 e. The zero-order chi connectivity index (χ0) is 11.4. The lowest BCUT2D eigenvalue weighted by Gasteiger charge is -1.93. The largest absolute Gasteiger partial charge is 0.478 e. The average molecular weight is 210 g/mol. The fourth-order valence-corrected chi connectivity index (χ4v) is 0.826. The molecule has 0 amide bonds. The summed E-state index contributed by atoms with van der Waals surface area (Å²) >= 11 is 0. The number of carbonyl (C=O) groups is 2. The second-order valence-electron chi connectivity index (χ2n) is 2.52. The van der Waals surface area contributed by atoms with Gasteiger partial charge in [-0.1, -0.05) is 0 Å². The molecule has 6 heteroatoms. The first-order chi connectivity index (χ1) is 7.00. The van der Waals surface area contributed by atoms with Crippen molar-refractivity contribution in [2.75, 3.05) is 0 Å². The van der Waals surface area contributed by atoms with E-state index in [0.29, 0.717) is 0 Å². The van der Waals surface area contributed by atoms with Crippen LogP contribution in [0.1, 0.15) is 16.1 Å².